The highest BCUT2D eigenvalue weighted by Crippen LogP contribution is 2.57. The van der Waals surface area contributed by atoms with E-state index >= 15 is 0 Å². The predicted octanol–water partition coefficient (Wildman–Crippen LogP) is 3.32. The van der Waals surface area contributed by atoms with Gasteiger partial charge in [0.2, 0.25) is 0 Å². The standard InChI is InChI=1S/C10H16Br2N2O/c1-9-3-7(11)8(12)4-10(9,2)6-14(5-9)13-15/h7-8H,3-6H2,1-2H3/t7-,8-,9-,10+/m0/s1. The molecule has 2 aliphatic rings. The zero-order valence-electron chi connectivity index (χ0n) is 9.04. The van der Waals surface area contributed by atoms with Crippen molar-refractivity contribution in [1.82, 2.24) is 5.01 Å². The highest BCUT2D eigenvalue weighted by atomic mass is 79.9. The summed E-state index contributed by atoms with van der Waals surface area (Å²) in [5, 5.41) is 4.79. The van der Waals surface area contributed by atoms with Gasteiger partial charge in [-0.15, -0.1) is 4.91 Å². The van der Waals surface area contributed by atoms with Crippen LogP contribution in [0, 0.1) is 15.7 Å². The first kappa shape index (κ1) is 11.8. The lowest BCUT2D eigenvalue weighted by Gasteiger charge is -2.47. The lowest BCUT2D eigenvalue weighted by atomic mass is 9.60. The third kappa shape index (κ3) is 1.75. The fraction of sp³-hybridized carbons (Fsp3) is 1.00. The van der Waals surface area contributed by atoms with E-state index < -0.39 is 0 Å². The molecule has 0 radical (unpaired) electrons. The Morgan fingerprint density at radius 2 is 1.53 bits per heavy atom. The molecule has 1 aliphatic heterocycles. The summed E-state index contributed by atoms with van der Waals surface area (Å²) >= 11 is 7.43. The Bertz CT molecular complexity index is 265. The summed E-state index contributed by atoms with van der Waals surface area (Å²) in [6.45, 7) is 6.17. The van der Waals surface area contributed by atoms with Gasteiger partial charge in [-0.05, 0) is 23.7 Å². The average Bonchev–Trinajstić information content (AvgIpc) is 2.38. The molecule has 0 aromatic rings. The van der Waals surface area contributed by atoms with Gasteiger partial charge < -0.3 is 0 Å². The van der Waals surface area contributed by atoms with E-state index in [2.05, 4.69) is 51.0 Å². The minimum absolute atomic E-state index is 0.208. The van der Waals surface area contributed by atoms with Gasteiger partial charge in [0.15, 0.2) is 0 Å². The van der Waals surface area contributed by atoms with Crippen LogP contribution in [0.4, 0.5) is 0 Å². The first-order valence-electron chi connectivity index (χ1n) is 5.27. The summed E-state index contributed by atoms with van der Waals surface area (Å²) in [6, 6.07) is 0. The molecule has 2 rings (SSSR count). The van der Waals surface area contributed by atoms with Crippen LogP contribution in [0.3, 0.4) is 0 Å². The first-order chi connectivity index (χ1) is 6.90. The maximum Gasteiger partial charge on any atom is 0.0524 e. The van der Waals surface area contributed by atoms with Crippen LogP contribution in [0.15, 0.2) is 5.29 Å². The maximum absolute atomic E-state index is 10.7. The molecule has 1 saturated carbocycles. The molecular formula is C10H16Br2N2O. The molecule has 1 heterocycles. The molecule has 0 N–H and O–H groups in total. The second-order valence-electron chi connectivity index (χ2n) is 5.47. The Balaban J connectivity index is 2.26. The van der Waals surface area contributed by atoms with Crippen LogP contribution in [-0.4, -0.2) is 27.8 Å². The summed E-state index contributed by atoms with van der Waals surface area (Å²) in [5.41, 5.74) is 0.415. The van der Waals surface area contributed by atoms with E-state index in [1.807, 2.05) is 0 Å². The number of nitrogens with zero attached hydrogens (tertiary/aromatic N) is 2. The topological polar surface area (TPSA) is 32.7 Å². The third-order valence-electron chi connectivity index (χ3n) is 4.32. The van der Waals surface area contributed by atoms with E-state index in [0.717, 1.165) is 25.9 Å². The Kier molecular flexibility index (Phi) is 2.91. The highest BCUT2D eigenvalue weighted by Gasteiger charge is 2.56. The molecule has 0 unspecified atom stereocenters. The van der Waals surface area contributed by atoms with Crippen molar-refractivity contribution in [3.05, 3.63) is 4.91 Å². The van der Waals surface area contributed by atoms with Gasteiger partial charge in [0.25, 0.3) is 0 Å². The molecule has 86 valence electrons. The van der Waals surface area contributed by atoms with E-state index in [9.17, 15) is 4.91 Å². The van der Waals surface area contributed by atoms with Gasteiger partial charge >= 0.3 is 0 Å². The van der Waals surface area contributed by atoms with Crippen molar-refractivity contribution in [1.29, 1.82) is 0 Å². The lowest BCUT2D eigenvalue weighted by Crippen LogP contribution is -2.46. The summed E-state index contributed by atoms with van der Waals surface area (Å²) in [6.07, 6.45) is 2.21. The van der Waals surface area contributed by atoms with Crippen molar-refractivity contribution >= 4 is 31.9 Å². The van der Waals surface area contributed by atoms with Crippen LogP contribution in [0.1, 0.15) is 26.7 Å². The predicted molar refractivity (Wildman–Crippen MR) is 68.2 cm³/mol. The SMILES string of the molecule is C[C@@]12C[C@H](Br)[C@@H](Br)C[C@]1(C)CN(N=O)C2. The smallest absolute Gasteiger partial charge is 0.0524 e. The second kappa shape index (κ2) is 3.69. The quantitative estimate of drug-likeness (QED) is 0.542. The van der Waals surface area contributed by atoms with Gasteiger partial charge in [-0.2, -0.15) is 0 Å². The number of alkyl halides is 2. The fourth-order valence-electron chi connectivity index (χ4n) is 3.04. The first-order valence-corrected chi connectivity index (χ1v) is 7.10. The fourth-order valence-corrected chi connectivity index (χ4v) is 4.84. The van der Waals surface area contributed by atoms with E-state index in [1.165, 1.54) is 0 Å². The molecule has 1 aliphatic carbocycles. The van der Waals surface area contributed by atoms with Crippen molar-refractivity contribution in [3.63, 3.8) is 0 Å². The van der Waals surface area contributed by atoms with E-state index in [0.29, 0.717) is 9.65 Å². The Hall–Kier alpha value is 0.360. The molecule has 3 nitrogen and oxygen atoms in total. The monoisotopic (exact) mass is 338 g/mol. The van der Waals surface area contributed by atoms with E-state index in [-0.39, 0.29) is 10.8 Å². The Morgan fingerprint density at radius 1 is 1.13 bits per heavy atom. The number of hydrogen-bond donors (Lipinski definition) is 0. The van der Waals surface area contributed by atoms with Crippen LogP contribution < -0.4 is 0 Å². The number of rotatable bonds is 1. The summed E-state index contributed by atoms with van der Waals surface area (Å²) in [7, 11) is 0. The van der Waals surface area contributed by atoms with Crippen LogP contribution in [0.5, 0.6) is 0 Å². The van der Waals surface area contributed by atoms with Crippen LogP contribution in [-0.2, 0) is 0 Å². The zero-order valence-corrected chi connectivity index (χ0v) is 12.2. The number of nitroso groups, excluding NO2 is 1. The summed E-state index contributed by atoms with van der Waals surface area (Å²) in [5.74, 6) is 0. The molecule has 0 aromatic carbocycles. The maximum atomic E-state index is 10.7. The minimum atomic E-state index is 0.208. The molecule has 5 heteroatoms. The van der Waals surface area contributed by atoms with Crippen molar-refractivity contribution in [2.24, 2.45) is 16.1 Å². The van der Waals surface area contributed by atoms with Crippen LogP contribution in [0.25, 0.3) is 0 Å². The van der Waals surface area contributed by atoms with E-state index in [4.69, 9.17) is 0 Å². The molecule has 4 atom stereocenters. The molecule has 0 aromatic heterocycles. The number of hydrogen-bond acceptors (Lipinski definition) is 2. The minimum Gasteiger partial charge on any atom is -0.260 e. The third-order valence-corrected chi connectivity index (χ3v) is 6.95. The van der Waals surface area contributed by atoms with Gasteiger partial charge in [0, 0.05) is 22.7 Å². The molecule has 1 saturated heterocycles. The zero-order chi connectivity index (χ0) is 11.3. The van der Waals surface area contributed by atoms with Crippen molar-refractivity contribution < 1.29 is 0 Å². The molecule has 0 bridgehead atoms. The molecule has 0 spiro atoms. The molecule has 2 fully saturated rings. The average molecular weight is 340 g/mol. The van der Waals surface area contributed by atoms with E-state index in [1.54, 1.807) is 5.01 Å². The highest BCUT2D eigenvalue weighted by molar-refractivity contribution is 9.12. The number of fused-ring (bicyclic) bond motifs is 1. The van der Waals surface area contributed by atoms with Gasteiger partial charge in [-0.1, -0.05) is 45.7 Å². The summed E-state index contributed by atoms with van der Waals surface area (Å²) < 4.78 is 0. The van der Waals surface area contributed by atoms with Gasteiger partial charge in [-0.3, -0.25) is 5.01 Å². The van der Waals surface area contributed by atoms with Gasteiger partial charge in [0.1, 0.15) is 0 Å². The van der Waals surface area contributed by atoms with Gasteiger partial charge in [-0.25, -0.2) is 0 Å². The molecule has 15 heavy (non-hydrogen) atoms. The van der Waals surface area contributed by atoms with Crippen molar-refractivity contribution in [3.8, 4) is 0 Å². The summed E-state index contributed by atoms with van der Waals surface area (Å²) in [4.78, 5) is 11.7. The largest absolute Gasteiger partial charge is 0.260 e. The second-order valence-corrected chi connectivity index (χ2v) is 7.82. The Morgan fingerprint density at radius 3 is 1.87 bits per heavy atom. The number of halogens is 2. The molecular weight excluding hydrogens is 324 g/mol. The Labute approximate surface area is 107 Å². The molecule has 0 amide bonds. The van der Waals surface area contributed by atoms with Crippen LogP contribution in [0.2, 0.25) is 0 Å². The van der Waals surface area contributed by atoms with Crippen molar-refractivity contribution in [2.75, 3.05) is 13.1 Å². The van der Waals surface area contributed by atoms with Crippen LogP contribution >= 0.6 is 31.9 Å². The lowest BCUT2D eigenvalue weighted by molar-refractivity contribution is 0.0826. The van der Waals surface area contributed by atoms with Gasteiger partial charge in [0.05, 0.1) is 5.29 Å². The normalized spacial score (nSPS) is 50.3. The van der Waals surface area contributed by atoms with Crippen molar-refractivity contribution in [2.45, 2.75) is 36.3 Å².